The van der Waals surface area contributed by atoms with Crippen molar-refractivity contribution in [2.45, 2.75) is 13.0 Å². The van der Waals surface area contributed by atoms with Gasteiger partial charge in [0.1, 0.15) is 6.04 Å². The van der Waals surface area contributed by atoms with Gasteiger partial charge in [-0.15, -0.1) is 0 Å². The van der Waals surface area contributed by atoms with Crippen molar-refractivity contribution in [2.75, 3.05) is 12.1 Å². The van der Waals surface area contributed by atoms with Crippen LogP contribution in [-0.2, 0) is 4.79 Å². The normalized spacial score (nSPS) is 13.8. The van der Waals surface area contributed by atoms with E-state index >= 15 is 0 Å². The number of fused-ring (bicyclic) bond motifs is 1. The van der Waals surface area contributed by atoms with E-state index in [1.807, 2.05) is 5.32 Å². The summed E-state index contributed by atoms with van der Waals surface area (Å²) < 4.78 is 10.4. The van der Waals surface area contributed by atoms with Gasteiger partial charge in [0, 0.05) is 11.8 Å². The van der Waals surface area contributed by atoms with E-state index in [-0.39, 0.29) is 6.79 Å². The molecule has 0 saturated carbocycles. The predicted molar refractivity (Wildman–Crippen MR) is 63.4 cm³/mol. The summed E-state index contributed by atoms with van der Waals surface area (Å²) in [6.45, 7) is 1.80. The molecule has 0 bridgehead atoms. The average Bonchev–Trinajstić information content (AvgIpc) is 2.75. The van der Waals surface area contributed by atoms with E-state index in [4.69, 9.17) is 15.2 Å². The van der Waals surface area contributed by atoms with E-state index in [1.54, 1.807) is 25.1 Å². The summed E-state index contributed by atoms with van der Waals surface area (Å²) in [4.78, 5) is 22.0. The highest BCUT2D eigenvalue weighted by Crippen LogP contribution is 2.34. The van der Waals surface area contributed by atoms with Crippen LogP contribution < -0.4 is 25.8 Å². The lowest BCUT2D eigenvalue weighted by molar-refractivity contribution is -0.120. The highest BCUT2D eigenvalue weighted by atomic mass is 16.7. The van der Waals surface area contributed by atoms with Crippen molar-refractivity contribution in [1.29, 1.82) is 0 Å². The third-order valence-corrected chi connectivity index (χ3v) is 2.40. The molecule has 0 spiro atoms. The van der Waals surface area contributed by atoms with Gasteiger partial charge >= 0.3 is 6.03 Å². The van der Waals surface area contributed by atoms with E-state index < -0.39 is 18.0 Å². The number of anilines is 1. The Hall–Kier alpha value is -2.44. The molecule has 1 unspecified atom stereocenters. The molecule has 2 rings (SSSR count). The summed E-state index contributed by atoms with van der Waals surface area (Å²) in [5.74, 6) is 0.775. The van der Waals surface area contributed by atoms with E-state index in [0.29, 0.717) is 17.2 Å². The quantitative estimate of drug-likeness (QED) is 0.722. The molecule has 7 heteroatoms. The third-order valence-electron chi connectivity index (χ3n) is 2.40. The summed E-state index contributed by atoms with van der Waals surface area (Å²) in [5, 5.41) is 4.92. The van der Waals surface area contributed by atoms with Crippen LogP contribution in [0.5, 0.6) is 11.5 Å². The smallest absolute Gasteiger partial charge is 0.318 e. The number of nitrogens with two attached hydrogens (primary N) is 1. The predicted octanol–water partition coefficient (Wildman–Crippen LogP) is 0.411. The lowest BCUT2D eigenvalue weighted by Gasteiger charge is -2.14. The van der Waals surface area contributed by atoms with Crippen LogP contribution in [0.4, 0.5) is 10.5 Å². The van der Waals surface area contributed by atoms with Crippen LogP contribution in [0.3, 0.4) is 0 Å². The number of primary amides is 1. The Kier molecular flexibility index (Phi) is 3.22. The molecular formula is C11H13N3O4. The van der Waals surface area contributed by atoms with Crippen LogP contribution in [0.2, 0.25) is 0 Å². The van der Waals surface area contributed by atoms with Gasteiger partial charge in [-0.05, 0) is 19.1 Å². The Balaban J connectivity index is 2.01. The zero-order valence-corrected chi connectivity index (χ0v) is 9.73. The monoisotopic (exact) mass is 251 g/mol. The second-order valence-corrected chi connectivity index (χ2v) is 3.79. The van der Waals surface area contributed by atoms with Crippen LogP contribution in [0, 0.1) is 0 Å². The number of nitrogens with one attached hydrogen (secondary N) is 2. The number of imide groups is 1. The average molecular weight is 251 g/mol. The van der Waals surface area contributed by atoms with E-state index in [0.717, 1.165) is 0 Å². The fourth-order valence-corrected chi connectivity index (χ4v) is 1.53. The van der Waals surface area contributed by atoms with Crippen LogP contribution in [0.25, 0.3) is 0 Å². The van der Waals surface area contributed by atoms with Crippen molar-refractivity contribution in [3.05, 3.63) is 18.2 Å². The number of amides is 3. The lowest BCUT2D eigenvalue weighted by Crippen LogP contribution is -2.43. The molecule has 0 aromatic heterocycles. The number of carbonyl (C=O) groups is 2. The minimum Gasteiger partial charge on any atom is -0.454 e. The number of ether oxygens (including phenoxy) is 2. The lowest BCUT2D eigenvalue weighted by atomic mass is 10.2. The first-order chi connectivity index (χ1) is 8.56. The Labute approximate surface area is 103 Å². The Bertz CT molecular complexity index is 489. The fourth-order valence-electron chi connectivity index (χ4n) is 1.53. The number of hydrogen-bond acceptors (Lipinski definition) is 5. The molecule has 0 radical (unpaired) electrons. The molecule has 1 heterocycles. The first kappa shape index (κ1) is 12.0. The van der Waals surface area contributed by atoms with Crippen LogP contribution >= 0.6 is 0 Å². The minimum atomic E-state index is -0.876. The SMILES string of the molecule is CC(Nc1ccc2c(c1)OCO2)C(=O)NC(N)=O. The first-order valence-corrected chi connectivity index (χ1v) is 5.33. The van der Waals surface area contributed by atoms with Crippen molar-refractivity contribution in [3.63, 3.8) is 0 Å². The second-order valence-electron chi connectivity index (χ2n) is 3.79. The van der Waals surface area contributed by atoms with Gasteiger partial charge in [0.25, 0.3) is 0 Å². The van der Waals surface area contributed by atoms with Crippen molar-refractivity contribution in [3.8, 4) is 11.5 Å². The van der Waals surface area contributed by atoms with Gasteiger partial charge in [-0.2, -0.15) is 0 Å². The molecule has 4 N–H and O–H groups in total. The second kappa shape index (κ2) is 4.82. The summed E-state index contributed by atoms with van der Waals surface area (Å²) in [7, 11) is 0. The molecule has 18 heavy (non-hydrogen) atoms. The number of hydrogen-bond donors (Lipinski definition) is 3. The molecule has 1 aliphatic heterocycles. The number of rotatable bonds is 3. The highest BCUT2D eigenvalue weighted by molar-refractivity contribution is 5.97. The van der Waals surface area contributed by atoms with Gasteiger partial charge in [-0.25, -0.2) is 4.79 Å². The molecule has 1 aliphatic rings. The van der Waals surface area contributed by atoms with Crippen molar-refractivity contribution in [1.82, 2.24) is 5.32 Å². The third kappa shape index (κ3) is 2.62. The van der Waals surface area contributed by atoms with Gasteiger partial charge in [0.05, 0.1) is 0 Å². The van der Waals surface area contributed by atoms with Crippen molar-refractivity contribution in [2.24, 2.45) is 5.73 Å². The molecule has 96 valence electrons. The Morgan fingerprint density at radius 2 is 2.06 bits per heavy atom. The highest BCUT2D eigenvalue weighted by Gasteiger charge is 2.17. The standard InChI is InChI=1S/C11H13N3O4/c1-6(10(15)14-11(12)16)13-7-2-3-8-9(4-7)18-5-17-8/h2-4,6,13H,5H2,1H3,(H3,12,14,15,16). The molecule has 0 fully saturated rings. The Morgan fingerprint density at radius 3 is 2.78 bits per heavy atom. The minimum absolute atomic E-state index is 0.191. The van der Waals surface area contributed by atoms with Gasteiger partial charge in [-0.1, -0.05) is 0 Å². The summed E-state index contributed by atoms with van der Waals surface area (Å²) in [5.41, 5.74) is 5.55. The molecule has 0 saturated heterocycles. The fraction of sp³-hybridized carbons (Fsp3) is 0.273. The zero-order chi connectivity index (χ0) is 13.1. The summed E-state index contributed by atoms with van der Waals surface area (Å²) in [6.07, 6.45) is 0. The van der Waals surface area contributed by atoms with E-state index in [2.05, 4.69) is 5.32 Å². The molecule has 1 atom stereocenters. The number of carbonyl (C=O) groups excluding carboxylic acids is 2. The maximum atomic E-state index is 11.5. The molecule has 7 nitrogen and oxygen atoms in total. The largest absolute Gasteiger partial charge is 0.454 e. The van der Waals surface area contributed by atoms with Gasteiger partial charge in [0.15, 0.2) is 11.5 Å². The maximum absolute atomic E-state index is 11.5. The van der Waals surface area contributed by atoms with Crippen molar-refractivity contribution >= 4 is 17.6 Å². The zero-order valence-electron chi connectivity index (χ0n) is 9.73. The topological polar surface area (TPSA) is 103 Å². The van der Waals surface area contributed by atoms with Gasteiger partial charge < -0.3 is 20.5 Å². The van der Waals surface area contributed by atoms with E-state index in [1.165, 1.54) is 0 Å². The van der Waals surface area contributed by atoms with E-state index in [9.17, 15) is 9.59 Å². The maximum Gasteiger partial charge on any atom is 0.318 e. The first-order valence-electron chi connectivity index (χ1n) is 5.33. The molecular weight excluding hydrogens is 238 g/mol. The summed E-state index contributed by atoms with van der Waals surface area (Å²) >= 11 is 0. The Morgan fingerprint density at radius 1 is 1.33 bits per heavy atom. The van der Waals surface area contributed by atoms with Crippen LogP contribution in [0.1, 0.15) is 6.92 Å². The number of benzene rings is 1. The molecule has 1 aromatic carbocycles. The summed E-state index contributed by atoms with van der Waals surface area (Å²) in [6, 6.07) is 3.73. The van der Waals surface area contributed by atoms with Crippen LogP contribution in [0.15, 0.2) is 18.2 Å². The van der Waals surface area contributed by atoms with Gasteiger partial charge in [-0.3, -0.25) is 10.1 Å². The number of urea groups is 1. The molecule has 0 aliphatic carbocycles. The van der Waals surface area contributed by atoms with Crippen LogP contribution in [-0.4, -0.2) is 24.8 Å². The molecule has 1 aromatic rings. The molecule has 3 amide bonds. The van der Waals surface area contributed by atoms with Gasteiger partial charge in [0.2, 0.25) is 12.7 Å². The van der Waals surface area contributed by atoms with Crippen molar-refractivity contribution < 1.29 is 19.1 Å².